The molecule has 178 valence electrons. The number of ether oxygens (including phenoxy) is 2. The van der Waals surface area contributed by atoms with Crippen molar-refractivity contribution in [2.45, 2.75) is 44.2 Å². The molecule has 0 bridgehead atoms. The zero-order valence-electron chi connectivity index (χ0n) is 19.5. The Morgan fingerprint density at radius 2 is 1.94 bits per heavy atom. The Bertz CT molecular complexity index is 931. The van der Waals surface area contributed by atoms with Crippen LogP contribution in [0.15, 0.2) is 42.5 Å². The second-order valence-electron chi connectivity index (χ2n) is 8.98. The minimum absolute atomic E-state index is 0.0400. The number of nitrogens with one attached hydrogen (secondary N) is 2. The normalized spacial score (nSPS) is 21.6. The number of hydrogen-bond acceptors (Lipinski definition) is 5. The molecule has 0 unspecified atom stereocenters. The molecule has 1 saturated carbocycles. The van der Waals surface area contributed by atoms with E-state index < -0.39 is 0 Å². The molecule has 4 rings (SSSR count). The molecular formula is C26H34FN3O3. The van der Waals surface area contributed by atoms with Gasteiger partial charge in [0, 0.05) is 38.3 Å². The molecule has 33 heavy (non-hydrogen) atoms. The molecule has 3 atom stereocenters. The highest BCUT2D eigenvalue weighted by atomic mass is 19.1. The van der Waals surface area contributed by atoms with Gasteiger partial charge < -0.3 is 25.0 Å². The monoisotopic (exact) mass is 455 g/mol. The standard InChI is InChI=1S/C26H34FN3O3/c1-18(20-6-10-24(27)25(16-20)32-2)29-22-7-3-21(15-22)19-4-8-23(9-5-19)33-17-26(31)30-13-11-28-12-14-30/h4-6,8-10,16,18,21-22,28-29H,3,7,11-15,17H2,1-2H3/t18-,21-,22+/m1/s1. The van der Waals surface area contributed by atoms with Crippen molar-refractivity contribution in [1.82, 2.24) is 15.5 Å². The Hall–Kier alpha value is -2.64. The van der Waals surface area contributed by atoms with Gasteiger partial charge in [-0.2, -0.15) is 0 Å². The van der Waals surface area contributed by atoms with Crippen molar-refractivity contribution in [3.63, 3.8) is 0 Å². The summed E-state index contributed by atoms with van der Waals surface area (Å²) in [7, 11) is 1.49. The molecule has 0 spiro atoms. The number of halogens is 1. The first-order valence-corrected chi connectivity index (χ1v) is 11.8. The summed E-state index contributed by atoms with van der Waals surface area (Å²) in [5.41, 5.74) is 2.32. The molecule has 1 aliphatic carbocycles. The van der Waals surface area contributed by atoms with Crippen LogP contribution in [0.25, 0.3) is 0 Å². The summed E-state index contributed by atoms with van der Waals surface area (Å²) in [6.07, 6.45) is 3.29. The molecular weight excluding hydrogens is 421 g/mol. The first-order valence-electron chi connectivity index (χ1n) is 11.8. The molecule has 2 N–H and O–H groups in total. The van der Waals surface area contributed by atoms with Crippen LogP contribution in [0.3, 0.4) is 0 Å². The second kappa shape index (κ2) is 11.0. The first-order chi connectivity index (χ1) is 16.0. The zero-order chi connectivity index (χ0) is 23.2. The number of carbonyl (C=O) groups excluding carboxylic acids is 1. The zero-order valence-corrected chi connectivity index (χ0v) is 19.5. The predicted octanol–water partition coefficient (Wildman–Crippen LogP) is 3.63. The van der Waals surface area contributed by atoms with Gasteiger partial charge in [-0.3, -0.25) is 4.79 Å². The number of methoxy groups -OCH3 is 1. The first kappa shape index (κ1) is 23.5. The van der Waals surface area contributed by atoms with E-state index in [0.717, 1.165) is 56.8 Å². The molecule has 1 heterocycles. The van der Waals surface area contributed by atoms with Gasteiger partial charge in [-0.1, -0.05) is 18.2 Å². The van der Waals surface area contributed by atoms with Gasteiger partial charge in [0.25, 0.3) is 5.91 Å². The largest absolute Gasteiger partial charge is 0.494 e. The van der Waals surface area contributed by atoms with Gasteiger partial charge in [0.15, 0.2) is 18.2 Å². The third-order valence-corrected chi connectivity index (χ3v) is 6.78. The van der Waals surface area contributed by atoms with Crippen LogP contribution in [-0.4, -0.2) is 56.7 Å². The van der Waals surface area contributed by atoms with Crippen molar-refractivity contribution in [3.8, 4) is 11.5 Å². The maximum atomic E-state index is 13.7. The fourth-order valence-electron chi connectivity index (χ4n) is 4.82. The van der Waals surface area contributed by atoms with E-state index in [1.54, 1.807) is 6.07 Å². The van der Waals surface area contributed by atoms with Crippen LogP contribution in [-0.2, 0) is 4.79 Å². The molecule has 2 aliphatic rings. The lowest BCUT2D eigenvalue weighted by Crippen LogP contribution is -2.47. The van der Waals surface area contributed by atoms with Crippen LogP contribution in [0, 0.1) is 5.82 Å². The van der Waals surface area contributed by atoms with Crippen LogP contribution in [0.2, 0.25) is 0 Å². The number of carbonyl (C=O) groups is 1. The van der Waals surface area contributed by atoms with Gasteiger partial charge in [-0.15, -0.1) is 0 Å². The predicted molar refractivity (Wildman–Crippen MR) is 126 cm³/mol. The maximum Gasteiger partial charge on any atom is 0.260 e. The molecule has 2 fully saturated rings. The summed E-state index contributed by atoms with van der Waals surface area (Å²) in [5.74, 6) is 1.21. The maximum absolute atomic E-state index is 13.7. The third-order valence-electron chi connectivity index (χ3n) is 6.78. The van der Waals surface area contributed by atoms with Gasteiger partial charge in [0.2, 0.25) is 0 Å². The van der Waals surface area contributed by atoms with Crippen LogP contribution >= 0.6 is 0 Å². The fraction of sp³-hybridized carbons (Fsp3) is 0.500. The smallest absolute Gasteiger partial charge is 0.260 e. The number of piperazine rings is 1. The molecule has 2 aromatic rings. The Balaban J connectivity index is 1.26. The van der Waals surface area contributed by atoms with E-state index in [1.165, 1.54) is 18.7 Å². The van der Waals surface area contributed by atoms with Gasteiger partial charge >= 0.3 is 0 Å². The topological polar surface area (TPSA) is 62.8 Å². The van der Waals surface area contributed by atoms with Crippen LogP contribution in [0.4, 0.5) is 4.39 Å². The number of rotatable bonds is 8. The lowest BCUT2D eigenvalue weighted by atomic mass is 9.97. The van der Waals surface area contributed by atoms with E-state index in [2.05, 4.69) is 29.7 Å². The highest BCUT2D eigenvalue weighted by Gasteiger charge is 2.27. The summed E-state index contributed by atoms with van der Waals surface area (Å²) in [5, 5.41) is 6.94. The summed E-state index contributed by atoms with van der Waals surface area (Å²) >= 11 is 0. The van der Waals surface area contributed by atoms with Gasteiger partial charge in [0.05, 0.1) is 7.11 Å². The number of benzene rings is 2. The number of amides is 1. The molecule has 1 saturated heterocycles. The highest BCUT2D eigenvalue weighted by Crippen LogP contribution is 2.36. The molecule has 2 aromatic carbocycles. The second-order valence-corrected chi connectivity index (χ2v) is 8.98. The quantitative estimate of drug-likeness (QED) is 0.637. The Morgan fingerprint density at radius 1 is 1.18 bits per heavy atom. The summed E-state index contributed by atoms with van der Waals surface area (Å²) in [6, 6.07) is 13.7. The van der Waals surface area contributed by atoms with E-state index in [0.29, 0.717) is 12.0 Å². The van der Waals surface area contributed by atoms with Crippen LogP contribution in [0.5, 0.6) is 11.5 Å². The minimum atomic E-state index is -0.338. The van der Waals surface area contributed by atoms with Gasteiger partial charge in [0.1, 0.15) is 5.75 Å². The van der Waals surface area contributed by atoms with Crippen LogP contribution < -0.4 is 20.1 Å². The van der Waals surface area contributed by atoms with Crippen molar-refractivity contribution in [3.05, 3.63) is 59.4 Å². The number of hydrogen-bond donors (Lipinski definition) is 2. The SMILES string of the molecule is COc1cc([C@@H](C)N[C@H]2CC[C@@H](c3ccc(OCC(=O)N4CCNCC4)cc3)C2)ccc1F. The van der Waals surface area contributed by atoms with Gasteiger partial charge in [-0.05, 0) is 67.5 Å². The van der Waals surface area contributed by atoms with Crippen molar-refractivity contribution >= 4 is 5.91 Å². The molecule has 7 heteroatoms. The summed E-state index contributed by atoms with van der Waals surface area (Å²) in [6.45, 7) is 5.36. The van der Waals surface area contributed by atoms with E-state index >= 15 is 0 Å². The average Bonchev–Trinajstić information content (AvgIpc) is 3.32. The van der Waals surface area contributed by atoms with E-state index in [4.69, 9.17) is 9.47 Å². The van der Waals surface area contributed by atoms with Crippen molar-refractivity contribution in [1.29, 1.82) is 0 Å². The lowest BCUT2D eigenvalue weighted by molar-refractivity contribution is -0.133. The fourth-order valence-corrected chi connectivity index (χ4v) is 4.82. The molecule has 1 amide bonds. The molecule has 0 aromatic heterocycles. The van der Waals surface area contributed by atoms with E-state index in [9.17, 15) is 9.18 Å². The van der Waals surface area contributed by atoms with E-state index in [-0.39, 0.29) is 30.1 Å². The van der Waals surface area contributed by atoms with Gasteiger partial charge in [-0.25, -0.2) is 4.39 Å². The minimum Gasteiger partial charge on any atom is -0.494 e. The molecule has 6 nitrogen and oxygen atoms in total. The summed E-state index contributed by atoms with van der Waals surface area (Å²) < 4.78 is 24.5. The Kier molecular flexibility index (Phi) is 7.83. The highest BCUT2D eigenvalue weighted by molar-refractivity contribution is 5.77. The van der Waals surface area contributed by atoms with Crippen LogP contribution in [0.1, 0.15) is 49.3 Å². The molecule has 1 aliphatic heterocycles. The average molecular weight is 456 g/mol. The lowest BCUT2D eigenvalue weighted by Gasteiger charge is -2.27. The molecule has 0 radical (unpaired) electrons. The van der Waals surface area contributed by atoms with E-state index in [1.807, 2.05) is 23.1 Å². The van der Waals surface area contributed by atoms with Crippen molar-refractivity contribution in [2.75, 3.05) is 39.9 Å². The van der Waals surface area contributed by atoms with Crippen molar-refractivity contribution in [2.24, 2.45) is 0 Å². The number of nitrogens with zero attached hydrogens (tertiary/aromatic N) is 1. The summed E-state index contributed by atoms with van der Waals surface area (Å²) in [4.78, 5) is 14.1. The Morgan fingerprint density at radius 3 is 2.67 bits per heavy atom. The van der Waals surface area contributed by atoms with Crippen molar-refractivity contribution < 1.29 is 18.7 Å². The third kappa shape index (κ3) is 6.03. The Labute approximate surface area is 195 Å².